The number of amides is 2. The molecule has 4 rings (SSSR count). The molecule has 0 bridgehead atoms. The van der Waals surface area contributed by atoms with Gasteiger partial charge in [0.1, 0.15) is 11.6 Å². The molecule has 8 heteroatoms. The van der Waals surface area contributed by atoms with Crippen molar-refractivity contribution in [1.82, 2.24) is 14.7 Å². The van der Waals surface area contributed by atoms with Crippen LogP contribution in [0.5, 0.6) is 5.75 Å². The van der Waals surface area contributed by atoms with Crippen molar-refractivity contribution in [2.45, 2.75) is 13.8 Å². The molecule has 1 aliphatic heterocycles. The predicted molar refractivity (Wildman–Crippen MR) is 125 cm³/mol. The van der Waals surface area contributed by atoms with E-state index in [4.69, 9.17) is 4.74 Å². The van der Waals surface area contributed by atoms with Crippen LogP contribution in [-0.2, 0) is 0 Å². The second kappa shape index (κ2) is 9.13. The molecule has 1 N–H and O–H groups in total. The zero-order chi connectivity index (χ0) is 22.7. The van der Waals surface area contributed by atoms with E-state index in [0.717, 1.165) is 16.8 Å². The molecule has 1 saturated heterocycles. The number of nitrogens with zero attached hydrogens (tertiary/aromatic N) is 4. The van der Waals surface area contributed by atoms with E-state index in [1.807, 2.05) is 56.3 Å². The number of carbonyl (C=O) groups excluding carboxylic acids is 1. The van der Waals surface area contributed by atoms with Gasteiger partial charge >= 0.3 is 6.03 Å². The van der Waals surface area contributed by atoms with Crippen LogP contribution in [-0.4, -0.2) is 54.0 Å². The van der Waals surface area contributed by atoms with Gasteiger partial charge in [0.25, 0.3) is 5.56 Å². The minimum Gasteiger partial charge on any atom is -0.495 e. The van der Waals surface area contributed by atoms with Crippen molar-refractivity contribution in [3.05, 3.63) is 76.1 Å². The van der Waals surface area contributed by atoms with Gasteiger partial charge < -0.3 is 19.9 Å². The van der Waals surface area contributed by atoms with Crippen LogP contribution in [0.1, 0.15) is 11.1 Å². The summed E-state index contributed by atoms with van der Waals surface area (Å²) < 4.78 is 6.76. The number of aryl methyl sites for hydroxylation is 2. The maximum absolute atomic E-state index is 12.8. The first-order valence-corrected chi connectivity index (χ1v) is 10.6. The summed E-state index contributed by atoms with van der Waals surface area (Å²) in [5, 5.41) is 7.51. The molecule has 166 valence electrons. The molecule has 1 aromatic heterocycles. The lowest BCUT2D eigenvalue weighted by Gasteiger charge is -2.35. The Morgan fingerprint density at radius 1 is 0.938 bits per heavy atom. The lowest BCUT2D eigenvalue weighted by atomic mass is 10.2. The van der Waals surface area contributed by atoms with Gasteiger partial charge in [-0.25, -0.2) is 4.79 Å². The Morgan fingerprint density at radius 2 is 1.62 bits per heavy atom. The number of hydrogen-bond acceptors (Lipinski definition) is 5. The second-order valence-electron chi connectivity index (χ2n) is 7.89. The van der Waals surface area contributed by atoms with Crippen molar-refractivity contribution in [2.75, 3.05) is 43.5 Å². The Bertz CT molecular complexity index is 1160. The van der Waals surface area contributed by atoms with Gasteiger partial charge in [0.2, 0.25) is 0 Å². The maximum atomic E-state index is 12.8. The molecule has 32 heavy (non-hydrogen) atoms. The van der Waals surface area contributed by atoms with Gasteiger partial charge in [0.15, 0.2) is 0 Å². The second-order valence-corrected chi connectivity index (χ2v) is 7.89. The van der Waals surface area contributed by atoms with Gasteiger partial charge in [-0.15, -0.1) is 5.10 Å². The van der Waals surface area contributed by atoms with Crippen LogP contribution in [0.25, 0.3) is 5.69 Å². The summed E-state index contributed by atoms with van der Waals surface area (Å²) in [5.41, 5.74) is 3.37. The van der Waals surface area contributed by atoms with E-state index in [1.165, 1.54) is 10.7 Å². The molecule has 1 aliphatic rings. The Hall–Kier alpha value is -3.81. The van der Waals surface area contributed by atoms with Crippen LogP contribution < -0.4 is 20.5 Å². The summed E-state index contributed by atoms with van der Waals surface area (Å²) in [5.74, 6) is 1.34. The molecule has 0 aliphatic carbocycles. The lowest BCUT2D eigenvalue weighted by Crippen LogP contribution is -2.50. The van der Waals surface area contributed by atoms with Gasteiger partial charge in [-0.3, -0.25) is 4.79 Å². The van der Waals surface area contributed by atoms with Gasteiger partial charge in [0, 0.05) is 32.2 Å². The normalized spacial score (nSPS) is 13.7. The third kappa shape index (κ3) is 4.59. The van der Waals surface area contributed by atoms with Crippen LogP contribution >= 0.6 is 0 Å². The quantitative estimate of drug-likeness (QED) is 0.684. The minimum atomic E-state index is -0.178. The first-order chi connectivity index (χ1) is 15.4. The number of anilines is 2. The highest BCUT2D eigenvalue weighted by atomic mass is 16.5. The Kier molecular flexibility index (Phi) is 6.11. The smallest absolute Gasteiger partial charge is 0.322 e. The van der Waals surface area contributed by atoms with Gasteiger partial charge in [-0.2, -0.15) is 4.68 Å². The summed E-state index contributed by atoms with van der Waals surface area (Å²) in [6, 6.07) is 16.5. The SMILES string of the molecule is COc1ccc(C)cc1NC(=O)N1CCN(c2ccc(=O)n(-c3ccc(C)cc3)n2)CC1. The topological polar surface area (TPSA) is 79.7 Å². The average Bonchev–Trinajstić information content (AvgIpc) is 2.80. The maximum Gasteiger partial charge on any atom is 0.322 e. The Labute approximate surface area is 187 Å². The van der Waals surface area contributed by atoms with Crippen LogP contribution in [0.3, 0.4) is 0 Å². The Morgan fingerprint density at radius 3 is 2.31 bits per heavy atom. The van der Waals surface area contributed by atoms with Crippen molar-refractivity contribution >= 4 is 17.5 Å². The summed E-state index contributed by atoms with van der Waals surface area (Å²) in [6.07, 6.45) is 0. The summed E-state index contributed by atoms with van der Waals surface area (Å²) in [6.45, 7) is 6.31. The van der Waals surface area contributed by atoms with E-state index in [-0.39, 0.29) is 11.6 Å². The summed E-state index contributed by atoms with van der Waals surface area (Å²) in [7, 11) is 1.59. The molecule has 2 amide bonds. The molecular formula is C24H27N5O3. The standard InChI is InChI=1S/C24H27N5O3/c1-17-4-7-19(8-5-17)29-23(30)11-10-22(26-29)27-12-14-28(15-13-27)24(31)25-20-16-18(2)6-9-21(20)32-3/h4-11,16H,12-15H2,1-3H3,(H,25,31). The fourth-order valence-electron chi connectivity index (χ4n) is 3.69. The molecule has 0 radical (unpaired) electrons. The van der Waals surface area contributed by atoms with E-state index in [2.05, 4.69) is 15.3 Å². The molecule has 3 aromatic rings. The third-order valence-corrected chi connectivity index (χ3v) is 5.55. The fraction of sp³-hybridized carbons (Fsp3) is 0.292. The van der Waals surface area contributed by atoms with E-state index in [0.29, 0.717) is 43.4 Å². The zero-order valence-electron chi connectivity index (χ0n) is 18.5. The number of nitrogens with one attached hydrogen (secondary N) is 1. The van der Waals surface area contributed by atoms with Crippen molar-refractivity contribution < 1.29 is 9.53 Å². The highest BCUT2D eigenvalue weighted by molar-refractivity contribution is 5.91. The largest absolute Gasteiger partial charge is 0.495 e. The van der Waals surface area contributed by atoms with E-state index < -0.39 is 0 Å². The third-order valence-electron chi connectivity index (χ3n) is 5.55. The number of benzene rings is 2. The zero-order valence-corrected chi connectivity index (χ0v) is 18.5. The first kappa shape index (κ1) is 21.4. The number of aromatic nitrogens is 2. The Balaban J connectivity index is 1.43. The highest BCUT2D eigenvalue weighted by Gasteiger charge is 2.23. The number of urea groups is 1. The molecule has 2 heterocycles. The van der Waals surface area contributed by atoms with Crippen molar-refractivity contribution in [2.24, 2.45) is 0 Å². The number of hydrogen-bond donors (Lipinski definition) is 1. The predicted octanol–water partition coefficient (Wildman–Crippen LogP) is 3.21. The van der Waals surface area contributed by atoms with E-state index in [9.17, 15) is 9.59 Å². The number of rotatable bonds is 4. The lowest BCUT2D eigenvalue weighted by molar-refractivity contribution is 0.208. The van der Waals surface area contributed by atoms with Crippen LogP contribution in [0.15, 0.2) is 59.4 Å². The van der Waals surface area contributed by atoms with Crippen molar-refractivity contribution in [1.29, 1.82) is 0 Å². The average molecular weight is 434 g/mol. The molecule has 1 fully saturated rings. The molecule has 2 aromatic carbocycles. The summed E-state index contributed by atoms with van der Waals surface area (Å²) >= 11 is 0. The number of carbonyl (C=O) groups is 1. The number of ether oxygens (including phenoxy) is 1. The molecule has 0 atom stereocenters. The summed E-state index contributed by atoms with van der Waals surface area (Å²) in [4.78, 5) is 29.0. The van der Waals surface area contributed by atoms with Crippen molar-refractivity contribution in [3.8, 4) is 11.4 Å². The molecule has 0 spiro atoms. The van der Waals surface area contributed by atoms with E-state index in [1.54, 1.807) is 18.1 Å². The van der Waals surface area contributed by atoms with Gasteiger partial charge in [-0.05, 0) is 49.7 Å². The number of methoxy groups -OCH3 is 1. The molecule has 0 unspecified atom stereocenters. The molecule has 8 nitrogen and oxygen atoms in total. The first-order valence-electron chi connectivity index (χ1n) is 10.6. The molecule has 0 saturated carbocycles. The van der Waals surface area contributed by atoms with Crippen LogP contribution in [0.2, 0.25) is 0 Å². The fourth-order valence-corrected chi connectivity index (χ4v) is 3.69. The number of piperazine rings is 1. The van der Waals surface area contributed by atoms with Gasteiger partial charge in [-0.1, -0.05) is 23.8 Å². The van der Waals surface area contributed by atoms with Crippen LogP contribution in [0, 0.1) is 13.8 Å². The van der Waals surface area contributed by atoms with Crippen LogP contribution in [0.4, 0.5) is 16.3 Å². The van der Waals surface area contributed by atoms with Gasteiger partial charge in [0.05, 0.1) is 18.5 Å². The molecular weight excluding hydrogens is 406 g/mol. The van der Waals surface area contributed by atoms with Crippen molar-refractivity contribution in [3.63, 3.8) is 0 Å². The minimum absolute atomic E-state index is 0.161. The highest BCUT2D eigenvalue weighted by Crippen LogP contribution is 2.25. The monoisotopic (exact) mass is 433 g/mol. The van der Waals surface area contributed by atoms with E-state index >= 15 is 0 Å².